The van der Waals surface area contributed by atoms with Crippen molar-refractivity contribution in [3.8, 4) is 5.75 Å². The number of hydrogen-bond donors (Lipinski definition) is 3. The van der Waals surface area contributed by atoms with Crippen LogP contribution in [-0.2, 0) is 22.8 Å². The molecule has 0 bridgehead atoms. The summed E-state index contributed by atoms with van der Waals surface area (Å²) in [7, 11) is -0.606. The normalized spacial score (nSPS) is 12.0. The van der Waals surface area contributed by atoms with E-state index in [-0.39, 0.29) is 17.5 Å². The first-order valence-corrected chi connectivity index (χ1v) is 13.0. The van der Waals surface area contributed by atoms with E-state index in [1.54, 1.807) is 25.6 Å². The number of methoxy groups -OCH3 is 1. The average molecular weight is 507 g/mol. The topological polar surface area (TPSA) is 131 Å². The van der Waals surface area contributed by atoms with Crippen LogP contribution in [0.5, 0.6) is 5.75 Å². The molecule has 3 N–H and O–H groups in total. The summed E-state index contributed by atoms with van der Waals surface area (Å²) < 4.78 is 35.3. The number of ether oxygens (including phenoxy) is 1. The van der Waals surface area contributed by atoms with Crippen molar-refractivity contribution >= 4 is 33.4 Å². The third-order valence-electron chi connectivity index (χ3n) is 5.14. The second-order valence-electron chi connectivity index (χ2n) is 8.46. The van der Waals surface area contributed by atoms with Gasteiger partial charge in [0.05, 0.1) is 19.3 Å². The Morgan fingerprint density at radius 1 is 1.18 bits per heavy atom. The molecule has 0 radical (unpaired) electrons. The number of nitrogens with one attached hydrogen (secondary N) is 2. The van der Waals surface area contributed by atoms with Crippen LogP contribution in [0.1, 0.15) is 30.8 Å². The highest BCUT2D eigenvalue weighted by Gasteiger charge is 2.22. The quantitative estimate of drug-likeness (QED) is 0.280. The van der Waals surface area contributed by atoms with Crippen LogP contribution in [0.3, 0.4) is 0 Å². The highest BCUT2D eigenvalue weighted by Crippen LogP contribution is 2.29. The number of anilines is 2. The molecule has 0 aliphatic rings. The summed E-state index contributed by atoms with van der Waals surface area (Å²) in [5.74, 6) is 2.40. The zero-order valence-corrected chi connectivity index (χ0v) is 21.7. The molecular weight excluding hydrogens is 476 g/mol. The molecule has 0 unspecified atom stereocenters. The van der Waals surface area contributed by atoms with E-state index in [9.17, 15) is 13.5 Å². The van der Waals surface area contributed by atoms with Crippen molar-refractivity contribution < 1.29 is 18.3 Å². The van der Waals surface area contributed by atoms with Crippen molar-refractivity contribution in [2.24, 2.45) is 7.05 Å². The predicted octanol–water partition coefficient (Wildman–Crippen LogP) is 3.11. The van der Waals surface area contributed by atoms with Gasteiger partial charge in [-0.15, -0.1) is 0 Å². The second-order valence-corrected chi connectivity index (χ2v) is 11.0. The van der Waals surface area contributed by atoms with Crippen LogP contribution in [0.15, 0.2) is 40.6 Å². The Hall–Kier alpha value is -2.83. The fourth-order valence-corrected chi connectivity index (χ4v) is 4.97. The lowest BCUT2D eigenvalue weighted by molar-refractivity contribution is 0.234. The van der Waals surface area contributed by atoms with E-state index in [1.807, 2.05) is 39.0 Å². The monoisotopic (exact) mass is 506 g/mol. The second kappa shape index (κ2) is 10.2. The molecule has 1 aromatic carbocycles. The Morgan fingerprint density at radius 3 is 2.50 bits per heavy atom. The van der Waals surface area contributed by atoms with Crippen LogP contribution in [0, 0.1) is 13.8 Å². The van der Waals surface area contributed by atoms with Gasteiger partial charge in [0.2, 0.25) is 0 Å². The van der Waals surface area contributed by atoms with Gasteiger partial charge in [0, 0.05) is 25.1 Å². The first-order chi connectivity index (χ1) is 15.9. The maximum absolute atomic E-state index is 12.9. The third kappa shape index (κ3) is 6.19. The van der Waals surface area contributed by atoms with Crippen LogP contribution in [-0.4, -0.2) is 52.3 Å². The fraction of sp³-hybridized carbons (Fsp3) is 0.409. The molecule has 3 rings (SSSR count). The summed E-state index contributed by atoms with van der Waals surface area (Å²) in [6.45, 7) is 7.17. The van der Waals surface area contributed by atoms with Gasteiger partial charge < -0.3 is 19.7 Å². The molecule has 0 atom stereocenters. The fourth-order valence-electron chi connectivity index (χ4n) is 3.02. The Balaban J connectivity index is 1.92. The molecule has 2 heterocycles. The summed E-state index contributed by atoms with van der Waals surface area (Å²) >= 11 is 1.36. The molecule has 0 amide bonds. The van der Waals surface area contributed by atoms with Crippen molar-refractivity contribution in [3.05, 3.63) is 47.4 Å². The Morgan fingerprint density at radius 2 is 1.88 bits per heavy atom. The number of sulfonamides is 1. The molecule has 3 aromatic rings. The lowest BCUT2D eigenvalue weighted by Crippen LogP contribution is -2.35. The van der Waals surface area contributed by atoms with E-state index in [0.717, 1.165) is 16.9 Å². The van der Waals surface area contributed by atoms with Gasteiger partial charge in [0.1, 0.15) is 23.2 Å². The van der Waals surface area contributed by atoms with E-state index in [2.05, 4.69) is 25.0 Å². The number of aliphatic hydroxyl groups is 1. The smallest absolute Gasteiger partial charge is 0.282 e. The number of benzene rings is 1. The summed E-state index contributed by atoms with van der Waals surface area (Å²) in [5, 5.41) is 13.0. The molecule has 10 nitrogen and oxygen atoms in total. The van der Waals surface area contributed by atoms with Gasteiger partial charge in [0.15, 0.2) is 10.2 Å². The number of aryl methyl sites for hydroxylation is 2. The molecule has 0 saturated heterocycles. The minimum atomic E-state index is -3.96. The van der Waals surface area contributed by atoms with Crippen molar-refractivity contribution in [2.45, 2.75) is 49.2 Å². The number of thioether (sulfide) groups is 1. The van der Waals surface area contributed by atoms with Crippen LogP contribution >= 0.6 is 11.8 Å². The third-order valence-corrected chi connectivity index (χ3v) is 7.26. The van der Waals surface area contributed by atoms with E-state index < -0.39 is 15.6 Å². The van der Waals surface area contributed by atoms with E-state index in [0.29, 0.717) is 22.6 Å². The van der Waals surface area contributed by atoms with Gasteiger partial charge in [-0.05, 0) is 44.9 Å². The zero-order chi connectivity index (χ0) is 25.1. The summed E-state index contributed by atoms with van der Waals surface area (Å²) in [6.07, 6.45) is 1.44. The number of aliphatic hydroxyl groups excluding tert-OH is 1. The van der Waals surface area contributed by atoms with Gasteiger partial charge >= 0.3 is 0 Å². The highest BCUT2D eigenvalue weighted by molar-refractivity contribution is 7.98. The molecule has 0 spiro atoms. The van der Waals surface area contributed by atoms with Crippen LogP contribution < -0.4 is 14.8 Å². The predicted molar refractivity (Wildman–Crippen MR) is 133 cm³/mol. The molecule has 0 fully saturated rings. The summed E-state index contributed by atoms with van der Waals surface area (Å²) in [6, 6.07) is 7.30. The molecule has 184 valence electrons. The van der Waals surface area contributed by atoms with Crippen LogP contribution in [0.2, 0.25) is 0 Å². The van der Waals surface area contributed by atoms with Gasteiger partial charge in [-0.3, -0.25) is 4.72 Å². The maximum atomic E-state index is 12.9. The van der Waals surface area contributed by atoms with Gasteiger partial charge in [-0.1, -0.05) is 23.9 Å². The van der Waals surface area contributed by atoms with Gasteiger partial charge in [-0.2, -0.15) is 8.42 Å². The standard InChI is InChI=1S/C22H30N6O4S2/c1-14-16(8-7-9-17(14)32-6)12-33-21-24-18(26-22(3,4)13-29)10-19(25-21)27-34(30,31)20-11-28(5)15(2)23-20/h7-11,29H,12-13H2,1-6H3,(H2,24,25,26,27). The van der Waals surface area contributed by atoms with E-state index >= 15 is 0 Å². The summed E-state index contributed by atoms with van der Waals surface area (Å²) in [5.41, 5.74) is 1.39. The van der Waals surface area contributed by atoms with Crippen molar-refractivity contribution in [3.63, 3.8) is 0 Å². The minimum Gasteiger partial charge on any atom is -0.496 e. The van der Waals surface area contributed by atoms with Crippen molar-refractivity contribution in [1.82, 2.24) is 19.5 Å². The number of nitrogens with zero attached hydrogens (tertiary/aromatic N) is 4. The van der Waals surface area contributed by atoms with Crippen molar-refractivity contribution in [2.75, 3.05) is 23.8 Å². The molecular formula is C22H30N6O4S2. The molecule has 0 saturated carbocycles. The number of hydrogen-bond acceptors (Lipinski definition) is 9. The van der Waals surface area contributed by atoms with Crippen LogP contribution in [0.25, 0.3) is 0 Å². The van der Waals surface area contributed by atoms with Crippen LogP contribution in [0.4, 0.5) is 11.6 Å². The SMILES string of the molecule is COc1cccc(CSc2nc(NC(C)(C)CO)cc(NS(=O)(=O)c3cn(C)c(C)n3)n2)c1C. The van der Waals surface area contributed by atoms with Crippen molar-refractivity contribution in [1.29, 1.82) is 0 Å². The molecule has 34 heavy (non-hydrogen) atoms. The maximum Gasteiger partial charge on any atom is 0.282 e. The molecule has 2 aromatic heterocycles. The molecule has 0 aliphatic heterocycles. The molecule has 0 aliphatic carbocycles. The lowest BCUT2D eigenvalue weighted by atomic mass is 10.1. The van der Waals surface area contributed by atoms with E-state index in [4.69, 9.17) is 4.74 Å². The lowest BCUT2D eigenvalue weighted by Gasteiger charge is -2.24. The van der Waals surface area contributed by atoms with Gasteiger partial charge in [-0.25, -0.2) is 15.0 Å². The first kappa shape index (κ1) is 25.8. The average Bonchev–Trinajstić information content (AvgIpc) is 3.11. The first-order valence-electron chi connectivity index (χ1n) is 10.5. The Bertz CT molecular complexity index is 1250. The Labute approximate surface area is 204 Å². The number of imidazole rings is 1. The van der Waals surface area contributed by atoms with E-state index in [1.165, 1.54) is 24.0 Å². The zero-order valence-electron chi connectivity index (χ0n) is 20.1. The largest absolute Gasteiger partial charge is 0.496 e. The van der Waals surface area contributed by atoms with Gasteiger partial charge in [0.25, 0.3) is 10.0 Å². The highest BCUT2D eigenvalue weighted by atomic mass is 32.2. The summed E-state index contributed by atoms with van der Waals surface area (Å²) in [4.78, 5) is 13.0. The minimum absolute atomic E-state index is 0.0967. The Kier molecular flexibility index (Phi) is 7.74. The molecule has 12 heteroatoms. The number of rotatable bonds is 10. The number of aromatic nitrogens is 4.